The van der Waals surface area contributed by atoms with E-state index in [2.05, 4.69) is 15.4 Å². The summed E-state index contributed by atoms with van der Waals surface area (Å²) in [5.41, 5.74) is 2.50. The fourth-order valence-corrected chi connectivity index (χ4v) is 2.05. The zero-order valence-corrected chi connectivity index (χ0v) is 13.8. The molecule has 0 aliphatic heterocycles. The molecule has 2 aromatic carbocycles. The van der Waals surface area contributed by atoms with Gasteiger partial charge in [-0.05, 0) is 42.3 Å². The van der Waals surface area contributed by atoms with Gasteiger partial charge in [0.15, 0.2) is 0 Å². The van der Waals surface area contributed by atoms with Crippen molar-refractivity contribution in [3.8, 4) is 5.75 Å². The van der Waals surface area contributed by atoms with Crippen molar-refractivity contribution in [1.82, 2.24) is 5.32 Å². The maximum absolute atomic E-state index is 12.1. The Labute approximate surface area is 144 Å². The van der Waals surface area contributed by atoms with E-state index in [1.54, 1.807) is 0 Å². The average molecular weight is 350 g/mol. The molecule has 0 unspecified atom stereocenters. The summed E-state index contributed by atoms with van der Waals surface area (Å²) in [6, 6.07) is 13.0. The molecule has 2 aromatic rings. The van der Waals surface area contributed by atoms with E-state index in [1.807, 2.05) is 31.2 Å². The summed E-state index contributed by atoms with van der Waals surface area (Å²) in [6.07, 6.45) is 0. The fraction of sp³-hybridized carbons (Fsp3) is 0.278. The van der Waals surface area contributed by atoms with E-state index in [4.69, 9.17) is 4.74 Å². The van der Waals surface area contributed by atoms with Crippen molar-refractivity contribution < 1.29 is 23.0 Å². The number of hydrogen-bond acceptors (Lipinski definition) is 3. The van der Waals surface area contributed by atoms with Crippen LogP contribution < -0.4 is 15.4 Å². The summed E-state index contributed by atoms with van der Waals surface area (Å²) < 4.78 is 33.7. The molecule has 0 aliphatic rings. The highest BCUT2D eigenvalue weighted by atomic mass is 19.3. The Hall–Kier alpha value is -2.67. The SMILES string of the molecule is CCOCc1ccc(CNC(=O)Nc2ccc(OC(F)F)cc2)cc1. The predicted octanol–water partition coefficient (Wildman–Crippen LogP) is 4.15. The van der Waals surface area contributed by atoms with Crippen LogP contribution >= 0.6 is 0 Å². The first-order valence-corrected chi connectivity index (χ1v) is 7.82. The molecule has 2 rings (SSSR count). The quantitative estimate of drug-likeness (QED) is 0.752. The van der Waals surface area contributed by atoms with Gasteiger partial charge >= 0.3 is 12.6 Å². The Kier molecular flexibility index (Phi) is 7.16. The molecule has 25 heavy (non-hydrogen) atoms. The molecule has 0 aliphatic carbocycles. The number of hydrogen-bond donors (Lipinski definition) is 2. The number of ether oxygens (including phenoxy) is 2. The monoisotopic (exact) mass is 350 g/mol. The van der Waals surface area contributed by atoms with Crippen LogP contribution in [0, 0.1) is 0 Å². The normalized spacial score (nSPS) is 10.6. The number of nitrogens with one attached hydrogen (secondary N) is 2. The molecule has 7 heteroatoms. The second kappa shape index (κ2) is 9.58. The van der Waals surface area contributed by atoms with Crippen LogP contribution in [0.25, 0.3) is 0 Å². The van der Waals surface area contributed by atoms with Crippen LogP contribution in [0.15, 0.2) is 48.5 Å². The van der Waals surface area contributed by atoms with Gasteiger partial charge in [-0.3, -0.25) is 0 Å². The Balaban J connectivity index is 1.78. The third-order valence-corrected chi connectivity index (χ3v) is 3.29. The highest BCUT2D eigenvalue weighted by Gasteiger charge is 2.05. The first-order chi connectivity index (χ1) is 12.1. The Bertz CT molecular complexity index is 661. The van der Waals surface area contributed by atoms with Gasteiger partial charge in [-0.1, -0.05) is 24.3 Å². The van der Waals surface area contributed by atoms with Gasteiger partial charge in [-0.2, -0.15) is 8.78 Å². The number of carbonyl (C=O) groups is 1. The lowest BCUT2D eigenvalue weighted by atomic mass is 10.1. The van der Waals surface area contributed by atoms with Crippen LogP contribution in [-0.4, -0.2) is 19.2 Å². The number of carbonyl (C=O) groups excluding carboxylic acids is 1. The van der Waals surface area contributed by atoms with Gasteiger partial charge in [0, 0.05) is 18.8 Å². The van der Waals surface area contributed by atoms with Gasteiger partial charge < -0.3 is 20.1 Å². The van der Waals surface area contributed by atoms with Gasteiger partial charge in [0.2, 0.25) is 0 Å². The lowest BCUT2D eigenvalue weighted by molar-refractivity contribution is -0.0498. The lowest BCUT2D eigenvalue weighted by Crippen LogP contribution is -2.28. The van der Waals surface area contributed by atoms with Gasteiger partial charge in [-0.15, -0.1) is 0 Å². The number of urea groups is 1. The summed E-state index contributed by atoms with van der Waals surface area (Å²) in [4.78, 5) is 11.9. The first-order valence-electron chi connectivity index (χ1n) is 7.82. The van der Waals surface area contributed by atoms with Crippen molar-refractivity contribution in [3.05, 3.63) is 59.7 Å². The molecule has 0 aromatic heterocycles. The van der Waals surface area contributed by atoms with Crippen LogP contribution in [0.1, 0.15) is 18.1 Å². The van der Waals surface area contributed by atoms with Crippen molar-refractivity contribution in [2.75, 3.05) is 11.9 Å². The molecule has 0 spiro atoms. The molecule has 0 fully saturated rings. The number of halogens is 2. The van der Waals surface area contributed by atoms with Crippen LogP contribution in [0.2, 0.25) is 0 Å². The average Bonchev–Trinajstić information content (AvgIpc) is 2.60. The van der Waals surface area contributed by atoms with Gasteiger partial charge in [0.1, 0.15) is 5.75 Å². The standard InChI is InChI=1S/C18H20F2N2O3/c1-2-24-12-14-5-3-13(4-6-14)11-21-18(23)22-15-7-9-16(10-8-15)25-17(19)20/h3-10,17H,2,11-12H2,1H3,(H2,21,22,23). The molecule has 2 N–H and O–H groups in total. The van der Waals surface area contributed by atoms with E-state index in [1.165, 1.54) is 24.3 Å². The van der Waals surface area contributed by atoms with E-state index < -0.39 is 6.61 Å². The van der Waals surface area contributed by atoms with Crippen LogP contribution in [0.4, 0.5) is 19.3 Å². The van der Waals surface area contributed by atoms with Gasteiger partial charge in [0.25, 0.3) is 0 Å². The smallest absolute Gasteiger partial charge is 0.387 e. The Morgan fingerprint density at radius 3 is 2.28 bits per heavy atom. The zero-order chi connectivity index (χ0) is 18.1. The first kappa shape index (κ1) is 18.7. The summed E-state index contributed by atoms with van der Waals surface area (Å²) in [5.74, 6) is 0.0353. The molecular weight excluding hydrogens is 330 g/mol. The second-order valence-electron chi connectivity index (χ2n) is 5.16. The topological polar surface area (TPSA) is 59.6 Å². The molecule has 0 radical (unpaired) electrons. The summed E-state index contributed by atoms with van der Waals surface area (Å²) >= 11 is 0. The molecule has 0 saturated carbocycles. The number of amides is 2. The maximum atomic E-state index is 12.1. The zero-order valence-electron chi connectivity index (χ0n) is 13.8. The number of anilines is 1. The van der Waals surface area contributed by atoms with Crippen LogP contribution in [0.3, 0.4) is 0 Å². The van der Waals surface area contributed by atoms with Crippen LogP contribution in [0.5, 0.6) is 5.75 Å². The van der Waals surface area contributed by atoms with Crippen molar-refractivity contribution in [2.45, 2.75) is 26.7 Å². The minimum atomic E-state index is -2.87. The van der Waals surface area contributed by atoms with Crippen molar-refractivity contribution >= 4 is 11.7 Å². The molecule has 0 saturated heterocycles. The van der Waals surface area contributed by atoms with E-state index in [0.29, 0.717) is 25.4 Å². The number of benzene rings is 2. The Morgan fingerprint density at radius 2 is 1.68 bits per heavy atom. The Morgan fingerprint density at radius 1 is 1.04 bits per heavy atom. The highest BCUT2D eigenvalue weighted by molar-refractivity contribution is 5.89. The summed E-state index contributed by atoms with van der Waals surface area (Å²) in [7, 11) is 0. The van der Waals surface area contributed by atoms with Crippen molar-refractivity contribution in [3.63, 3.8) is 0 Å². The van der Waals surface area contributed by atoms with Gasteiger partial charge in [0.05, 0.1) is 6.61 Å². The molecular formula is C18H20F2N2O3. The maximum Gasteiger partial charge on any atom is 0.387 e. The molecule has 0 heterocycles. The minimum absolute atomic E-state index is 0.0353. The molecule has 0 atom stereocenters. The number of rotatable bonds is 8. The summed E-state index contributed by atoms with van der Waals surface area (Å²) in [6.45, 7) is 0.667. The van der Waals surface area contributed by atoms with E-state index in [-0.39, 0.29) is 11.8 Å². The van der Waals surface area contributed by atoms with Crippen LogP contribution in [-0.2, 0) is 17.9 Å². The fourth-order valence-electron chi connectivity index (χ4n) is 2.05. The van der Waals surface area contributed by atoms with Gasteiger partial charge in [-0.25, -0.2) is 4.79 Å². The highest BCUT2D eigenvalue weighted by Crippen LogP contribution is 2.17. The summed E-state index contributed by atoms with van der Waals surface area (Å²) in [5, 5.41) is 5.34. The van der Waals surface area contributed by atoms with Crippen molar-refractivity contribution in [2.24, 2.45) is 0 Å². The van der Waals surface area contributed by atoms with E-state index >= 15 is 0 Å². The lowest BCUT2D eigenvalue weighted by Gasteiger charge is -2.09. The molecule has 134 valence electrons. The minimum Gasteiger partial charge on any atom is -0.435 e. The third-order valence-electron chi connectivity index (χ3n) is 3.29. The predicted molar refractivity (Wildman–Crippen MR) is 90.7 cm³/mol. The molecule has 5 nitrogen and oxygen atoms in total. The number of alkyl halides is 2. The molecule has 2 amide bonds. The van der Waals surface area contributed by atoms with Crippen molar-refractivity contribution in [1.29, 1.82) is 0 Å². The second-order valence-corrected chi connectivity index (χ2v) is 5.16. The van der Waals surface area contributed by atoms with E-state index in [0.717, 1.165) is 11.1 Å². The largest absolute Gasteiger partial charge is 0.435 e. The molecule has 0 bridgehead atoms. The third kappa shape index (κ3) is 6.76. The van der Waals surface area contributed by atoms with E-state index in [9.17, 15) is 13.6 Å².